The fourth-order valence-corrected chi connectivity index (χ4v) is 4.34. The molecular formula is C24H27Cl2N5O3. The molecule has 4 rings (SSSR count). The minimum Gasteiger partial charge on any atom is -0.495 e. The minimum atomic E-state index is 0.241. The molecule has 2 N–H and O–H groups in total. The van der Waals surface area contributed by atoms with E-state index in [4.69, 9.17) is 37.4 Å². The minimum absolute atomic E-state index is 0.241. The van der Waals surface area contributed by atoms with Crippen molar-refractivity contribution in [2.45, 2.75) is 32.1 Å². The zero-order chi connectivity index (χ0) is 23.9. The Kier molecular flexibility index (Phi) is 8.13. The van der Waals surface area contributed by atoms with Crippen LogP contribution in [0.25, 0.3) is 0 Å². The quantitative estimate of drug-likeness (QED) is 0.335. The third kappa shape index (κ3) is 6.33. The highest BCUT2D eigenvalue weighted by molar-refractivity contribution is 6.32. The van der Waals surface area contributed by atoms with Gasteiger partial charge in [-0.15, -0.1) is 0 Å². The maximum Gasteiger partial charge on any atom is 0.323 e. The third-order valence-corrected chi connectivity index (χ3v) is 6.19. The van der Waals surface area contributed by atoms with E-state index in [1.165, 1.54) is 19.3 Å². The number of aromatic nitrogens is 3. The van der Waals surface area contributed by atoms with Gasteiger partial charge in [-0.1, -0.05) is 42.5 Å². The van der Waals surface area contributed by atoms with Gasteiger partial charge in [-0.05, 0) is 55.2 Å². The van der Waals surface area contributed by atoms with Gasteiger partial charge in [-0.3, -0.25) is 0 Å². The molecule has 0 atom stereocenters. The molecule has 1 fully saturated rings. The number of hydrogen-bond acceptors (Lipinski definition) is 8. The van der Waals surface area contributed by atoms with Crippen molar-refractivity contribution in [1.82, 2.24) is 15.0 Å². The molecular weight excluding hydrogens is 477 g/mol. The number of rotatable bonds is 9. The van der Waals surface area contributed by atoms with Crippen LogP contribution in [0.2, 0.25) is 10.0 Å². The second-order valence-corrected chi connectivity index (χ2v) is 8.84. The SMILES string of the molecule is COc1ccc(Nc2nc(Nc3ccc(OC)c(Cl)c3)nc(OCC3CCCCC3)n2)cc1Cl. The maximum atomic E-state index is 6.26. The van der Waals surface area contributed by atoms with Crippen LogP contribution in [0, 0.1) is 5.92 Å². The van der Waals surface area contributed by atoms with Gasteiger partial charge >= 0.3 is 6.01 Å². The summed E-state index contributed by atoms with van der Waals surface area (Å²) in [5.41, 5.74) is 1.40. The lowest BCUT2D eigenvalue weighted by molar-refractivity contribution is 0.196. The van der Waals surface area contributed by atoms with E-state index < -0.39 is 0 Å². The molecule has 10 heteroatoms. The van der Waals surface area contributed by atoms with Crippen molar-refractivity contribution in [1.29, 1.82) is 0 Å². The zero-order valence-corrected chi connectivity index (χ0v) is 20.6. The standard InChI is InChI=1S/C24H27Cl2N5O3/c1-32-20-10-8-16(12-18(20)25)27-22-29-23(28-17-9-11-21(33-2)19(26)13-17)31-24(30-22)34-14-15-6-4-3-5-7-15/h8-13,15H,3-7,14H2,1-2H3,(H2,27,28,29,30,31). The Bertz CT molecular complexity index is 1050. The Morgan fingerprint density at radius 3 is 1.79 bits per heavy atom. The molecule has 1 saturated carbocycles. The first-order valence-corrected chi connectivity index (χ1v) is 11.9. The molecule has 1 aromatic heterocycles. The van der Waals surface area contributed by atoms with E-state index in [9.17, 15) is 0 Å². The number of hydrogen-bond donors (Lipinski definition) is 2. The van der Waals surface area contributed by atoms with Gasteiger partial charge in [0.05, 0.1) is 30.9 Å². The molecule has 180 valence electrons. The molecule has 1 aliphatic rings. The summed E-state index contributed by atoms with van der Waals surface area (Å²) in [6.07, 6.45) is 6.09. The van der Waals surface area contributed by atoms with E-state index in [2.05, 4.69) is 25.6 Å². The summed E-state index contributed by atoms with van der Waals surface area (Å²) in [7, 11) is 3.14. The van der Waals surface area contributed by atoms with Gasteiger partial charge < -0.3 is 24.8 Å². The Morgan fingerprint density at radius 1 is 0.794 bits per heavy atom. The predicted octanol–water partition coefficient (Wildman–Crippen LogP) is 6.64. The van der Waals surface area contributed by atoms with Gasteiger partial charge in [0.1, 0.15) is 11.5 Å². The number of nitrogens with one attached hydrogen (secondary N) is 2. The number of halogens is 2. The average Bonchev–Trinajstić information content (AvgIpc) is 2.84. The molecule has 0 unspecified atom stereocenters. The van der Waals surface area contributed by atoms with Gasteiger partial charge in [0.25, 0.3) is 0 Å². The Hall–Kier alpha value is -2.97. The van der Waals surface area contributed by atoms with Crippen molar-refractivity contribution in [3.05, 3.63) is 46.4 Å². The zero-order valence-electron chi connectivity index (χ0n) is 19.1. The topological polar surface area (TPSA) is 90.4 Å². The predicted molar refractivity (Wildman–Crippen MR) is 134 cm³/mol. The molecule has 2 aromatic carbocycles. The highest BCUT2D eigenvalue weighted by Crippen LogP contribution is 2.31. The summed E-state index contributed by atoms with van der Waals surface area (Å²) in [6.45, 7) is 0.575. The van der Waals surface area contributed by atoms with E-state index in [1.54, 1.807) is 38.5 Å². The van der Waals surface area contributed by atoms with Crippen LogP contribution in [-0.4, -0.2) is 35.8 Å². The van der Waals surface area contributed by atoms with Crippen LogP contribution in [0.3, 0.4) is 0 Å². The highest BCUT2D eigenvalue weighted by atomic mass is 35.5. The molecule has 8 nitrogen and oxygen atoms in total. The van der Waals surface area contributed by atoms with E-state index in [-0.39, 0.29) is 6.01 Å². The lowest BCUT2D eigenvalue weighted by atomic mass is 9.90. The summed E-state index contributed by atoms with van der Waals surface area (Å²) in [6, 6.07) is 10.9. The number of nitrogens with zero attached hydrogens (tertiary/aromatic N) is 3. The molecule has 0 amide bonds. The number of methoxy groups -OCH3 is 2. The second kappa shape index (κ2) is 11.4. The van der Waals surface area contributed by atoms with Gasteiger partial charge in [-0.2, -0.15) is 15.0 Å². The maximum absolute atomic E-state index is 6.26. The van der Waals surface area contributed by atoms with Crippen molar-refractivity contribution in [3.63, 3.8) is 0 Å². The average molecular weight is 504 g/mol. The molecule has 0 aliphatic heterocycles. The lowest BCUT2D eigenvalue weighted by Crippen LogP contribution is -2.17. The third-order valence-electron chi connectivity index (χ3n) is 5.60. The summed E-state index contributed by atoms with van der Waals surface area (Å²) < 4.78 is 16.4. The van der Waals surface area contributed by atoms with Crippen LogP contribution in [-0.2, 0) is 0 Å². The number of ether oxygens (including phenoxy) is 3. The number of anilines is 4. The number of benzene rings is 2. The van der Waals surface area contributed by atoms with Crippen molar-refractivity contribution >= 4 is 46.5 Å². The van der Waals surface area contributed by atoms with E-state index in [1.807, 2.05) is 12.1 Å². The molecule has 0 spiro atoms. The first-order valence-electron chi connectivity index (χ1n) is 11.1. The first-order chi connectivity index (χ1) is 16.5. The molecule has 1 heterocycles. The van der Waals surface area contributed by atoms with Crippen molar-refractivity contribution < 1.29 is 14.2 Å². The molecule has 0 radical (unpaired) electrons. The molecule has 0 bridgehead atoms. The van der Waals surface area contributed by atoms with Crippen LogP contribution in [0.5, 0.6) is 17.5 Å². The molecule has 3 aromatic rings. The normalized spacial score (nSPS) is 13.9. The monoisotopic (exact) mass is 503 g/mol. The van der Waals surface area contributed by atoms with Crippen molar-refractivity contribution in [2.24, 2.45) is 5.92 Å². The fourth-order valence-electron chi connectivity index (χ4n) is 3.83. The van der Waals surface area contributed by atoms with Crippen LogP contribution >= 0.6 is 23.2 Å². The van der Waals surface area contributed by atoms with E-state index in [0.29, 0.717) is 57.3 Å². The van der Waals surface area contributed by atoms with Crippen LogP contribution in [0.4, 0.5) is 23.3 Å². The fraction of sp³-hybridized carbons (Fsp3) is 0.375. The Morgan fingerprint density at radius 2 is 1.32 bits per heavy atom. The van der Waals surface area contributed by atoms with Gasteiger partial charge in [-0.25, -0.2) is 0 Å². The van der Waals surface area contributed by atoms with Crippen molar-refractivity contribution in [3.8, 4) is 17.5 Å². The summed E-state index contributed by atoms with van der Waals surface area (Å²) >= 11 is 12.5. The summed E-state index contributed by atoms with van der Waals surface area (Å²) in [5.74, 6) is 2.31. The second-order valence-electron chi connectivity index (χ2n) is 8.03. The summed E-state index contributed by atoms with van der Waals surface area (Å²) in [4.78, 5) is 13.4. The van der Waals surface area contributed by atoms with Gasteiger partial charge in [0, 0.05) is 11.4 Å². The Labute approximate surface area is 209 Å². The summed E-state index contributed by atoms with van der Waals surface area (Å²) in [5, 5.41) is 7.27. The molecule has 34 heavy (non-hydrogen) atoms. The molecule has 1 aliphatic carbocycles. The van der Waals surface area contributed by atoms with Gasteiger partial charge in [0.2, 0.25) is 11.9 Å². The van der Waals surface area contributed by atoms with Gasteiger partial charge in [0.15, 0.2) is 0 Å². The highest BCUT2D eigenvalue weighted by Gasteiger charge is 2.16. The van der Waals surface area contributed by atoms with Crippen LogP contribution < -0.4 is 24.8 Å². The first kappa shape index (κ1) is 24.2. The van der Waals surface area contributed by atoms with Crippen LogP contribution in [0.15, 0.2) is 36.4 Å². The van der Waals surface area contributed by atoms with E-state index >= 15 is 0 Å². The Balaban J connectivity index is 1.57. The lowest BCUT2D eigenvalue weighted by Gasteiger charge is -2.21. The smallest absolute Gasteiger partial charge is 0.323 e. The molecule has 0 saturated heterocycles. The largest absolute Gasteiger partial charge is 0.495 e. The van der Waals surface area contributed by atoms with Crippen molar-refractivity contribution in [2.75, 3.05) is 31.5 Å². The van der Waals surface area contributed by atoms with E-state index in [0.717, 1.165) is 12.8 Å². The van der Waals surface area contributed by atoms with Crippen LogP contribution in [0.1, 0.15) is 32.1 Å².